The van der Waals surface area contributed by atoms with Crippen LogP contribution in [0, 0.1) is 21.4 Å². The summed E-state index contributed by atoms with van der Waals surface area (Å²) >= 11 is 11.6. The molecule has 0 heterocycles. The third-order valence-electron chi connectivity index (χ3n) is 2.35. The maximum atomic E-state index is 11.0. The molecule has 0 aromatic heterocycles. The van der Waals surface area contributed by atoms with Crippen LogP contribution in [0.4, 0.5) is 5.69 Å². The minimum Gasteiger partial charge on any atom is -0.450 e. The minimum absolute atomic E-state index is 0.00679. The molecule has 5 nitrogen and oxygen atoms in total. The average molecular weight is 309 g/mol. The third-order valence-corrected chi connectivity index (χ3v) is 2.79. The first kappa shape index (κ1) is 14.1. The van der Waals surface area contributed by atoms with Crippen LogP contribution < -0.4 is 4.74 Å². The Morgan fingerprint density at radius 3 is 2.35 bits per heavy atom. The Labute approximate surface area is 124 Å². The molecule has 100 valence electrons. The Bertz CT molecular complexity index is 706. The number of nitro benzene ring substituents is 1. The summed E-state index contributed by atoms with van der Waals surface area (Å²) in [5, 5.41) is 20.4. The van der Waals surface area contributed by atoms with Crippen molar-refractivity contribution >= 4 is 28.9 Å². The second-order valence-electron chi connectivity index (χ2n) is 3.76. The van der Waals surface area contributed by atoms with Crippen molar-refractivity contribution in [2.75, 3.05) is 0 Å². The van der Waals surface area contributed by atoms with Crippen LogP contribution in [0.5, 0.6) is 11.5 Å². The fraction of sp³-hybridized carbons (Fsp3) is 0. The van der Waals surface area contributed by atoms with Gasteiger partial charge in [0.05, 0.1) is 16.6 Å². The lowest BCUT2D eigenvalue weighted by molar-refractivity contribution is -0.385. The van der Waals surface area contributed by atoms with E-state index < -0.39 is 4.92 Å². The summed E-state index contributed by atoms with van der Waals surface area (Å²) in [6.07, 6.45) is 0. The molecule has 0 fully saturated rings. The molecule has 0 saturated heterocycles. The summed E-state index contributed by atoms with van der Waals surface area (Å²) in [5.74, 6) is 0.280. The topological polar surface area (TPSA) is 76.2 Å². The van der Waals surface area contributed by atoms with E-state index in [1.165, 1.54) is 30.3 Å². The van der Waals surface area contributed by atoms with Crippen LogP contribution in [-0.2, 0) is 0 Å². The van der Waals surface area contributed by atoms with Crippen molar-refractivity contribution in [1.82, 2.24) is 0 Å². The Morgan fingerprint density at radius 1 is 1.15 bits per heavy atom. The standard InChI is InChI=1S/C13H6Cl2N2O3/c14-9-4-10(15)6-11(5-9)20-13-2-1-8(7-16)3-12(13)17(18)19/h1-6H. The van der Waals surface area contributed by atoms with E-state index in [1.807, 2.05) is 6.07 Å². The number of hydrogen-bond acceptors (Lipinski definition) is 4. The lowest BCUT2D eigenvalue weighted by Gasteiger charge is -2.07. The van der Waals surface area contributed by atoms with E-state index in [2.05, 4.69) is 0 Å². The van der Waals surface area contributed by atoms with Gasteiger partial charge in [-0.2, -0.15) is 5.26 Å². The van der Waals surface area contributed by atoms with Crippen LogP contribution in [-0.4, -0.2) is 4.92 Å². The van der Waals surface area contributed by atoms with Gasteiger partial charge in [-0.1, -0.05) is 23.2 Å². The molecule has 0 aliphatic heterocycles. The fourth-order valence-corrected chi connectivity index (χ4v) is 2.04. The summed E-state index contributed by atoms with van der Waals surface area (Å²) in [5.41, 5.74) is -0.131. The molecule has 0 atom stereocenters. The van der Waals surface area contributed by atoms with Gasteiger partial charge in [0, 0.05) is 16.1 Å². The zero-order valence-electron chi connectivity index (χ0n) is 9.84. The van der Waals surface area contributed by atoms with Crippen molar-refractivity contribution in [2.45, 2.75) is 0 Å². The van der Waals surface area contributed by atoms with Crippen LogP contribution in [0.1, 0.15) is 5.56 Å². The first-order valence-corrected chi connectivity index (χ1v) is 6.07. The Balaban J connectivity index is 2.43. The monoisotopic (exact) mass is 308 g/mol. The van der Waals surface area contributed by atoms with Gasteiger partial charge < -0.3 is 4.74 Å². The second kappa shape index (κ2) is 5.78. The highest BCUT2D eigenvalue weighted by Crippen LogP contribution is 2.34. The molecule has 0 aliphatic carbocycles. The average Bonchev–Trinajstić information content (AvgIpc) is 2.37. The number of nitriles is 1. The van der Waals surface area contributed by atoms with E-state index in [4.69, 9.17) is 33.2 Å². The quantitative estimate of drug-likeness (QED) is 0.615. The first-order chi connectivity index (χ1) is 9.49. The summed E-state index contributed by atoms with van der Waals surface area (Å²) in [6, 6.07) is 10.2. The molecule has 0 bridgehead atoms. The van der Waals surface area contributed by atoms with Gasteiger partial charge in [-0.05, 0) is 30.3 Å². The van der Waals surface area contributed by atoms with Crippen molar-refractivity contribution in [2.24, 2.45) is 0 Å². The van der Waals surface area contributed by atoms with Crippen molar-refractivity contribution in [3.05, 3.63) is 62.1 Å². The molecule has 0 saturated carbocycles. The molecule has 2 rings (SSSR count). The Hall–Kier alpha value is -2.29. The molecule has 0 amide bonds. The number of nitro groups is 1. The largest absolute Gasteiger partial charge is 0.450 e. The van der Waals surface area contributed by atoms with E-state index in [9.17, 15) is 10.1 Å². The van der Waals surface area contributed by atoms with E-state index >= 15 is 0 Å². The molecule has 0 aliphatic rings. The van der Waals surface area contributed by atoms with Crippen LogP contribution in [0.15, 0.2) is 36.4 Å². The van der Waals surface area contributed by atoms with E-state index in [-0.39, 0.29) is 22.7 Å². The zero-order valence-corrected chi connectivity index (χ0v) is 11.4. The van der Waals surface area contributed by atoms with Crippen molar-refractivity contribution in [3.8, 4) is 17.6 Å². The molecule has 0 radical (unpaired) electrons. The predicted octanol–water partition coefficient (Wildman–Crippen LogP) is 4.57. The van der Waals surface area contributed by atoms with Gasteiger partial charge in [-0.3, -0.25) is 10.1 Å². The Morgan fingerprint density at radius 2 is 1.80 bits per heavy atom. The number of halogens is 2. The number of rotatable bonds is 3. The summed E-state index contributed by atoms with van der Waals surface area (Å²) in [4.78, 5) is 10.4. The van der Waals surface area contributed by atoms with Crippen molar-refractivity contribution < 1.29 is 9.66 Å². The highest BCUT2D eigenvalue weighted by molar-refractivity contribution is 6.34. The fourth-order valence-electron chi connectivity index (χ4n) is 1.53. The number of hydrogen-bond donors (Lipinski definition) is 0. The van der Waals surface area contributed by atoms with Gasteiger partial charge in [0.15, 0.2) is 0 Å². The van der Waals surface area contributed by atoms with Crippen molar-refractivity contribution in [1.29, 1.82) is 5.26 Å². The number of benzene rings is 2. The van der Waals surface area contributed by atoms with E-state index in [1.54, 1.807) is 0 Å². The summed E-state index contributed by atoms with van der Waals surface area (Å²) in [6.45, 7) is 0. The van der Waals surface area contributed by atoms with Gasteiger partial charge >= 0.3 is 5.69 Å². The normalized spacial score (nSPS) is 9.85. The zero-order chi connectivity index (χ0) is 14.7. The number of nitrogens with zero attached hydrogens (tertiary/aromatic N) is 2. The van der Waals surface area contributed by atoms with Crippen LogP contribution in [0.3, 0.4) is 0 Å². The maximum absolute atomic E-state index is 11.0. The van der Waals surface area contributed by atoms with E-state index in [0.29, 0.717) is 10.0 Å². The highest BCUT2D eigenvalue weighted by atomic mass is 35.5. The van der Waals surface area contributed by atoms with Gasteiger partial charge in [0.1, 0.15) is 5.75 Å². The summed E-state index contributed by atoms with van der Waals surface area (Å²) in [7, 11) is 0. The van der Waals surface area contributed by atoms with E-state index in [0.717, 1.165) is 6.07 Å². The SMILES string of the molecule is N#Cc1ccc(Oc2cc(Cl)cc(Cl)c2)c([N+](=O)[O-])c1. The predicted molar refractivity (Wildman–Crippen MR) is 74.3 cm³/mol. The minimum atomic E-state index is -0.623. The molecule has 7 heteroatoms. The van der Waals surface area contributed by atoms with Crippen LogP contribution >= 0.6 is 23.2 Å². The molecular formula is C13H6Cl2N2O3. The Kier molecular flexibility index (Phi) is 4.08. The number of ether oxygens (including phenoxy) is 1. The maximum Gasteiger partial charge on any atom is 0.312 e. The third kappa shape index (κ3) is 3.18. The lowest BCUT2D eigenvalue weighted by Crippen LogP contribution is -1.94. The molecule has 2 aromatic rings. The highest BCUT2D eigenvalue weighted by Gasteiger charge is 2.17. The molecule has 2 aromatic carbocycles. The smallest absolute Gasteiger partial charge is 0.312 e. The second-order valence-corrected chi connectivity index (χ2v) is 4.63. The molecular weight excluding hydrogens is 303 g/mol. The summed E-state index contributed by atoms with van der Waals surface area (Å²) < 4.78 is 5.41. The molecule has 0 unspecified atom stereocenters. The first-order valence-electron chi connectivity index (χ1n) is 5.32. The van der Waals surface area contributed by atoms with Crippen molar-refractivity contribution in [3.63, 3.8) is 0 Å². The van der Waals surface area contributed by atoms with Gasteiger partial charge in [-0.25, -0.2) is 0 Å². The lowest BCUT2D eigenvalue weighted by atomic mass is 10.2. The van der Waals surface area contributed by atoms with Gasteiger partial charge in [-0.15, -0.1) is 0 Å². The van der Waals surface area contributed by atoms with Gasteiger partial charge in [0.2, 0.25) is 5.75 Å². The molecule has 20 heavy (non-hydrogen) atoms. The van der Waals surface area contributed by atoms with Crippen LogP contribution in [0.25, 0.3) is 0 Å². The van der Waals surface area contributed by atoms with Gasteiger partial charge in [0.25, 0.3) is 0 Å². The molecule has 0 spiro atoms. The molecule has 0 N–H and O–H groups in total. The van der Waals surface area contributed by atoms with Crippen LogP contribution in [0.2, 0.25) is 10.0 Å².